The van der Waals surface area contributed by atoms with Crippen LogP contribution in [0.3, 0.4) is 0 Å². The molecule has 1 aliphatic heterocycles. The minimum Gasteiger partial charge on any atom is -0.439 e. The Labute approximate surface area is 199 Å². The van der Waals surface area contributed by atoms with Crippen molar-refractivity contribution < 1.29 is 9.53 Å². The van der Waals surface area contributed by atoms with E-state index in [-0.39, 0.29) is 11.9 Å². The van der Waals surface area contributed by atoms with Crippen molar-refractivity contribution in [1.29, 1.82) is 0 Å². The molecule has 1 N–H and O–H groups in total. The zero-order valence-corrected chi connectivity index (χ0v) is 19.6. The second kappa shape index (κ2) is 9.63. The quantitative estimate of drug-likeness (QED) is 0.525. The highest BCUT2D eigenvalue weighted by Gasteiger charge is 2.25. The number of aryl methyl sites for hydroxylation is 1. The number of hydrogen-bond donors (Lipinski definition) is 1. The number of anilines is 1. The molecule has 7 heteroatoms. The second-order valence-corrected chi connectivity index (χ2v) is 9.17. The lowest BCUT2D eigenvalue weighted by Crippen LogP contribution is -2.42. The standard InChI is InChI=1S/C27H29N5O2/c1-18-17-32(27(33)31-25-16-28-19(2)14-29-25)11-10-22(18)12-20-4-3-5-24(13-20)34-26-9-8-23(15-30-26)21-6-7-21/h3-5,8-9,12-16,18,21H,6-7,10-11,17H2,1-2H3,(H,29,31,33). The number of likely N-dealkylation sites (tertiary alicyclic amines) is 1. The zero-order valence-electron chi connectivity index (χ0n) is 19.6. The van der Waals surface area contributed by atoms with Crippen LogP contribution >= 0.6 is 0 Å². The summed E-state index contributed by atoms with van der Waals surface area (Å²) in [7, 11) is 0. The average Bonchev–Trinajstić information content (AvgIpc) is 3.68. The lowest BCUT2D eigenvalue weighted by molar-refractivity contribution is 0.197. The van der Waals surface area contributed by atoms with Gasteiger partial charge in [-0.3, -0.25) is 10.3 Å². The number of piperidine rings is 1. The third-order valence-electron chi connectivity index (χ3n) is 6.34. The number of nitrogens with one attached hydrogen (secondary N) is 1. The lowest BCUT2D eigenvalue weighted by atomic mass is 9.91. The summed E-state index contributed by atoms with van der Waals surface area (Å²) in [5, 5.41) is 2.84. The molecule has 1 atom stereocenters. The van der Waals surface area contributed by atoms with Crippen LogP contribution in [0.4, 0.5) is 10.6 Å². The maximum atomic E-state index is 12.6. The van der Waals surface area contributed by atoms with Gasteiger partial charge in [-0.05, 0) is 61.3 Å². The molecule has 1 saturated carbocycles. The van der Waals surface area contributed by atoms with Crippen molar-refractivity contribution in [2.24, 2.45) is 5.92 Å². The first-order chi connectivity index (χ1) is 16.5. The summed E-state index contributed by atoms with van der Waals surface area (Å²) in [5.74, 6) is 2.79. The highest BCUT2D eigenvalue weighted by Crippen LogP contribution is 2.40. The molecule has 3 heterocycles. The number of rotatable bonds is 5. The summed E-state index contributed by atoms with van der Waals surface area (Å²) >= 11 is 0. The Balaban J connectivity index is 1.20. The first-order valence-electron chi connectivity index (χ1n) is 11.8. The highest BCUT2D eigenvalue weighted by atomic mass is 16.5. The van der Waals surface area contributed by atoms with Gasteiger partial charge in [-0.25, -0.2) is 14.8 Å². The molecule has 2 aliphatic rings. The van der Waals surface area contributed by atoms with E-state index >= 15 is 0 Å². The Hall–Kier alpha value is -3.74. The summed E-state index contributed by atoms with van der Waals surface area (Å²) in [6.07, 6.45) is 10.7. The molecule has 0 bridgehead atoms. The third-order valence-corrected chi connectivity index (χ3v) is 6.34. The topological polar surface area (TPSA) is 80.2 Å². The predicted molar refractivity (Wildman–Crippen MR) is 132 cm³/mol. The van der Waals surface area contributed by atoms with Gasteiger partial charge in [0, 0.05) is 25.4 Å². The smallest absolute Gasteiger partial charge is 0.323 e. The summed E-state index contributed by atoms with van der Waals surface area (Å²) in [4.78, 5) is 27.3. The van der Waals surface area contributed by atoms with Gasteiger partial charge >= 0.3 is 6.03 Å². The fourth-order valence-corrected chi connectivity index (χ4v) is 4.21. The summed E-state index contributed by atoms with van der Waals surface area (Å²) in [6.45, 7) is 5.34. The molecule has 1 aromatic carbocycles. The van der Waals surface area contributed by atoms with Gasteiger partial charge in [-0.15, -0.1) is 0 Å². The summed E-state index contributed by atoms with van der Waals surface area (Å²) in [5.41, 5.74) is 4.52. The maximum Gasteiger partial charge on any atom is 0.323 e. The van der Waals surface area contributed by atoms with Crippen molar-refractivity contribution in [3.8, 4) is 11.6 Å². The van der Waals surface area contributed by atoms with Crippen molar-refractivity contribution in [2.75, 3.05) is 18.4 Å². The minimum atomic E-state index is -0.139. The highest BCUT2D eigenvalue weighted by molar-refractivity contribution is 5.88. The Morgan fingerprint density at radius 1 is 1.12 bits per heavy atom. The Morgan fingerprint density at radius 3 is 2.71 bits per heavy atom. The molecule has 1 saturated heterocycles. The molecule has 2 aromatic heterocycles. The van der Waals surface area contributed by atoms with E-state index in [0.717, 1.165) is 23.4 Å². The van der Waals surface area contributed by atoms with E-state index in [2.05, 4.69) is 45.4 Å². The number of pyridine rings is 1. The van der Waals surface area contributed by atoms with E-state index in [0.29, 0.717) is 30.7 Å². The first-order valence-corrected chi connectivity index (χ1v) is 11.8. The molecule has 2 fully saturated rings. The van der Waals surface area contributed by atoms with Gasteiger partial charge in [0.1, 0.15) is 5.75 Å². The van der Waals surface area contributed by atoms with Crippen LogP contribution in [-0.4, -0.2) is 39.0 Å². The van der Waals surface area contributed by atoms with Crippen LogP contribution in [0.5, 0.6) is 11.6 Å². The lowest BCUT2D eigenvalue weighted by Gasteiger charge is -2.33. The van der Waals surface area contributed by atoms with Gasteiger partial charge in [0.05, 0.1) is 18.1 Å². The van der Waals surface area contributed by atoms with E-state index < -0.39 is 0 Å². The number of ether oxygens (including phenoxy) is 1. The van der Waals surface area contributed by atoms with Crippen LogP contribution < -0.4 is 10.1 Å². The Morgan fingerprint density at radius 2 is 2.00 bits per heavy atom. The van der Waals surface area contributed by atoms with Crippen molar-refractivity contribution in [1.82, 2.24) is 19.9 Å². The van der Waals surface area contributed by atoms with Gasteiger partial charge in [-0.2, -0.15) is 0 Å². The molecule has 174 valence electrons. The second-order valence-electron chi connectivity index (χ2n) is 9.17. The zero-order chi connectivity index (χ0) is 23.5. The maximum absolute atomic E-state index is 12.6. The number of carbonyl (C=O) groups excluding carboxylic acids is 1. The molecule has 1 unspecified atom stereocenters. The minimum absolute atomic E-state index is 0.139. The molecule has 7 nitrogen and oxygen atoms in total. The fourth-order valence-electron chi connectivity index (χ4n) is 4.21. The van der Waals surface area contributed by atoms with E-state index in [9.17, 15) is 4.79 Å². The molecule has 3 aromatic rings. The van der Waals surface area contributed by atoms with Crippen LogP contribution in [0, 0.1) is 12.8 Å². The van der Waals surface area contributed by atoms with Crippen LogP contribution in [0.1, 0.15) is 48.9 Å². The van der Waals surface area contributed by atoms with Gasteiger partial charge in [0.2, 0.25) is 5.88 Å². The van der Waals surface area contributed by atoms with E-state index in [1.54, 1.807) is 12.4 Å². The van der Waals surface area contributed by atoms with Crippen molar-refractivity contribution >= 4 is 17.9 Å². The predicted octanol–water partition coefficient (Wildman–Crippen LogP) is 5.81. The molecular weight excluding hydrogens is 426 g/mol. The molecule has 5 rings (SSSR count). The molecule has 0 spiro atoms. The van der Waals surface area contributed by atoms with Gasteiger partial charge in [0.15, 0.2) is 5.82 Å². The van der Waals surface area contributed by atoms with Crippen LogP contribution in [0.2, 0.25) is 0 Å². The molecular formula is C27H29N5O2. The number of nitrogens with zero attached hydrogens (tertiary/aromatic N) is 4. The first kappa shape index (κ1) is 22.1. The monoisotopic (exact) mass is 455 g/mol. The normalized spacial score (nSPS) is 19.2. The van der Waals surface area contributed by atoms with Crippen molar-refractivity contribution in [2.45, 2.75) is 39.0 Å². The number of carbonyl (C=O) groups is 1. The van der Waals surface area contributed by atoms with Crippen LogP contribution in [-0.2, 0) is 0 Å². The molecule has 34 heavy (non-hydrogen) atoms. The summed E-state index contributed by atoms with van der Waals surface area (Å²) in [6, 6.07) is 12.0. The number of aromatic nitrogens is 3. The van der Waals surface area contributed by atoms with Crippen molar-refractivity contribution in [3.05, 3.63) is 77.4 Å². The number of amides is 2. The van der Waals surface area contributed by atoms with Gasteiger partial charge in [0.25, 0.3) is 0 Å². The molecule has 1 aliphatic carbocycles. The van der Waals surface area contributed by atoms with Crippen LogP contribution in [0.15, 0.2) is 60.6 Å². The number of urea groups is 1. The van der Waals surface area contributed by atoms with Crippen molar-refractivity contribution in [3.63, 3.8) is 0 Å². The molecule has 2 amide bonds. The van der Waals surface area contributed by atoms with Gasteiger partial charge < -0.3 is 9.64 Å². The number of hydrogen-bond acceptors (Lipinski definition) is 5. The Bertz CT molecular complexity index is 1190. The van der Waals surface area contributed by atoms with E-state index in [4.69, 9.17) is 4.74 Å². The van der Waals surface area contributed by atoms with Crippen LogP contribution in [0.25, 0.3) is 6.08 Å². The summed E-state index contributed by atoms with van der Waals surface area (Å²) < 4.78 is 5.99. The largest absolute Gasteiger partial charge is 0.439 e. The fraction of sp³-hybridized carbons (Fsp3) is 0.333. The average molecular weight is 456 g/mol. The SMILES string of the molecule is Cc1cnc(NC(=O)N2CCC(=Cc3cccc(Oc4ccc(C5CC5)cn4)c3)C(C)C2)cn1. The third kappa shape index (κ3) is 5.42. The van der Waals surface area contributed by atoms with E-state index in [1.165, 1.54) is 24.0 Å². The number of benzene rings is 1. The Kier molecular flexibility index (Phi) is 6.25. The molecule has 0 radical (unpaired) electrons. The van der Waals surface area contributed by atoms with Gasteiger partial charge in [-0.1, -0.05) is 36.8 Å². The van der Waals surface area contributed by atoms with E-state index in [1.807, 2.05) is 42.3 Å².